The molecule has 1 saturated heterocycles. The van der Waals surface area contributed by atoms with Crippen LogP contribution in [0.1, 0.15) is 44.6 Å². The Labute approximate surface area is 114 Å². The fourth-order valence-electron chi connectivity index (χ4n) is 3.56. The van der Waals surface area contributed by atoms with Gasteiger partial charge in [0.05, 0.1) is 5.41 Å². The van der Waals surface area contributed by atoms with Crippen molar-refractivity contribution in [3.05, 3.63) is 47.5 Å². The summed E-state index contributed by atoms with van der Waals surface area (Å²) in [7, 11) is 0. The Morgan fingerprint density at radius 3 is 2.74 bits per heavy atom. The van der Waals surface area contributed by atoms with Gasteiger partial charge in [0, 0.05) is 12.3 Å². The fraction of sp³-hybridized carbons (Fsp3) is 0.471. The molecule has 0 amide bonds. The van der Waals surface area contributed by atoms with Gasteiger partial charge >= 0.3 is 5.97 Å². The number of carbonyl (C=O) groups is 1. The first-order valence-corrected chi connectivity index (χ1v) is 7.08. The van der Waals surface area contributed by atoms with Crippen molar-refractivity contribution in [3.8, 4) is 0 Å². The summed E-state index contributed by atoms with van der Waals surface area (Å²) in [6, 6.07) is 10.4. The molecule has 1 aromatic carbocycles. The van der Waals surface area contributed by atoms with Gasteiger partial charge in [-0.25, -0.2) is 0 Å². The van der Waals surface area contributed by atoms with Crippen molar-refractivity contribution in [1.82, 2.24) is 0 Å². The maximum atomic E-state index is 12.5. The number of hydrogen-bond donors (Lipinski definition) is 0. The Kier molecular flexibility index (Phi) is 2.96. The minimum absolute atomic E-state index is 0.0151. The summed E-state index contributed by atoms with van der Waals surface area (Å²) in [5, 5.41) is 0. The van der Waals surface area contributed by atoms with Gasteiger partial charge in [-0.3, -0.25) is 4.79 Å². The first kappa shape index (κ1) is 12.5. The minimum Gasteiger partial charge on any atom is -0.462 e. The van der Waals surface area contributed by atoms with E-state index in [-0.39, 0.29) is 18.0 Å². The SMILES string of the molecule is C[C@H]1CC2=CCC[C@H](c3ccccc3)[C@]2(C)C(=O)O1. The van der Waals surface area contributed by atoms with E-state index in [1.165, 1.54) is 11.1 Å². The van der Waals surface area contributed by atoms with E-state index in [9.17, 15) is 4.79 Å². The van der Waals surface area contributed by atoms with Crippen molar-refractivity contribution >= 4 is 5.97 Å². The minimum atomic E-state index is -0.466. The van der Waals surface area contributed by atoms with Gasteiger partial charge in [-0.05, 0) is 32.3 Å². The van der Waals surface area contributed by atoms with Gasteiger partial charge in [-0.2, -0.15) is 0 Å². The van der Waals surface area contributed by atoms with Crippen LogP contribution < -0.4 is 0 Å². The molecule has 1 fully saturated rings. The molecular formula is C17H20O2. The average molecular weight is 256 g/mol. The molecule has 2 nitrogen and oxygen atoms in total. The quantitative estimate of drug-likeness (QED) is 0.564. The van der Waals surface area contributed by atoms with Crippen LogP contribution in [-0.2, 0) is 9.53 Å². The Hall–Kier alpha value is -1.57. The third kappa shape index (κ3) is 1.90. The summed E-state index contributed by atoms with van der Waals surface area (Å²) in [6.45, 7) is 4.04. The molecule has 1 aromatic rings. The maximum Gasteiger partial charge on any atom is 0.316 e. The van der Waals surface area contributed by atoms with Crippen molar-refractivity contribution in [1.29, 1.82) is 0 Å². The second-order valence-electron chi connectivity index (χ2n) is 5.89. The molecule has 0 saturated carbocycles. The molecule has 1 aliphatic heterocycles. The van der Waals surface area contributed by atoms with Crippen molar-refractivity contribution < 1.29 is 9.53 Å². The topological polar surface area (TPSA) is 26.3 Å². The van der Waals surface area contributed by atoms with E-state index in [2.05, 4.69) is 25.1 Å². The van der Waals surface area contributed by atoms with Crippen LogP contribution in [0.3, 0.4) is 0 Å². The number of esters is 1. The van der Waals surface area contributed by atoms with E-state index in [1.54, 1.807) is 0 Å². The molecule has 2 aliphatic rings. The molecule has 100 valence electrons. The Morgan fingerprint density at radius 2 is 2.00 bits per heavy atom. The molecular weight excluding hydrogens is 236 g/mol. The number of benzene rings is 1. The van der Waals surface area contributed by atoms with Crippen LogP contribution in [0.5, 0.6) is 0 Å². The van der Waals surface area contributed by atoms with Gasteiger partial charge in [0.2, 0.25) is 0 Å². The van der Waals surface area contributed by atoms with Crippen LogP contribution in [0.15, 0.2) is 42.0 Å². The third-order valence-electron chi connectivity index (χ3n) is 4.65. The van der Waals surface area contributed by atoms with Crippen molar-refractivity contribution in [2.24, 2.45) is 5.41 Å². The van der Waals surface area contributed by atoms with Gasteiger partial charge in [0.1, 0.15) is 6.10 Å². The number of cyclic esters (lactones) is 1. The van der Waals surface area contributed by atoms with Crippen LogP contribution in [0, 0.1) is 5.41 Å². The van der Waals surface area contributed by atoms with Crippen LogP contribution in [-0.4, -0.2) is 12.1 Å². The number of carbonyl (C=O) groups excluding carboxylic acids is 1. The molecule has 0 bridgehead atoms. The lowest BCUT2D eigenvalue weighted by Gasteiger charge is -2.45. The number of rotatable bonds is 1. The lowest BCUT2D eigenvalue weighted by molar-refractivity contribution is -0.164. The van der Waals surface area contributed by atoms with E-state index in [0.717, 1.165) is 19.3 Å². The van der Waals surface area contributed by atoms with Gasteiger partial charge in [0.25, 0.3) is 0 Å². The van der Waals surface area contributed by atoms with E-state index in [4.69, 9.17) is 4.74 Å². The molecule has 1 aliphatic carbocycles. The lowest BCUT2D eigenvalue weighted by atomic mass is 9.62. The van der Waals surface area contributed by atoms with E-state index in [0.29, 0.717) is 0 Å². The van der Waals surface area contributed by atoms with E-state index in [1.807, 2.05) is 25.1 Å². The van der Waals surface area contributed by atoms with E-state index >= 15 is 0 Å². The van der Waals surface area contributed by atoms with Gasteiger partial charge in [-0.15, -0.1) is 0 Å². The number of hydrogen-bond acceptors (Lipinski definition) is 2. The zero-order chi connectivity index (χ0) is 13.5. The number of fused-ring (bicyclic) bond motifs is 1. The number of ether oxygens (including phenoxy) is 1. The summed E-state index contributed by atoms with van der Waals surface area (Å²) < 4.78 is 5.53. The summed E-state index contributed by atoms with van der Waals surface area (Å²) in [5.74, 6) is 0.194. The zero-order valence-corrected chi connectivity index (χ0v) is 11.6. The highest BCUT2D eigenvalue weighted by Crippen LogP contribution is 2.52. The molecule has 0 N–H and O–H groups in total. The maximum absolute atomic E-state index is 12.5. The smallest absolute Gasteiger partial charge is 0.316 e. The van der Waals surface area contributed by atoms with Crippen molar-refractivity contribution in [2.45, 2.75) is 45.1 Å². The Morgan fingerprint density at radius 1 is 1.26 bits per heavy atom. The molecule has 0 aromatic heterocycles. The summed E-state index contributed by atoms with van der Waals surface area (Å²) in [4.78, 5) is 12.5. The predicted octanol–water partition coefficient (Wildman–Crippen LogP) is 3.83. The number of allylic oxidation sites excluding steroid dienone is 1. The summed E-state index contributed by atoms with van der Waals surface area (Å²) in [5.41, 5.74) is 2.06. The fourth-order valence-corrected chi connectivity index (χ4v) is 3.56. The highest BCUT2D eigenvalue weighted by molar-refractivity contribution is 5.83. The van der Waals surface area contributed by atoms with Gasteiger partial charge in [-0.1, -0.05) is 42.0 Å². The third-order valence-corrected chi connectivity index (χ3v) is 4.65. The predicted molar refractivity (Wildman–Crippen MR) is 74.8 cm³/mol. The average Bonchev–Trinajstić information content (AvgIpc) is 2.41. The monoisotopic (exact) mass is 256 g/mol. The Balaban J connectivity index is 2.04. The Bertz CT molecular complexity index is 517. The molecule has 2 heteroatoms. The highest BCUT2D eigenvalue weighted by atomic mass is 16.5. The summed E-state index contributed by atoms with van der Waals surface area (Å²) >= 11 is 0. The molecule has 0 unspecified atom stereocenters. The molecule has 3 atom stereocenters. The van der Waals surface area contributed by atoms with Crippen LogP contribution in [0.25, 0.3) is 0 Å². The summed E-state index contributed by atoms with van der Waals surface area (Å²) in [6.07, 6.45) is 5.24. The largest absolute Gasteiger partial charge is 0.462 e. The second kappa shape index (κ2) is 4.52. The lowest BCUT2D eigenvalue weighted by Crippen LogP contribution is -2.45. The molecule has 3 rings (SSSR count). The van der Waals surface area contributed by atoms with Crippen molar-refractivity contribution in [3.63, 3.8) is 0 Å². The highest BCUT2D eigenvalue weighted by Gasteiger charge is 2.50. The van der Waals surface area contributed by atoms with Crippen LogP contribution >= 0.6 is 0 Å². The molecule has 19 heavy (non-hydrogen) atoms. The second-order valence-corrected chi connectivity index (χ2v) is 5.89. The van der Waals surface area contributed by atoms with Crippen LogP contribution in [0.4, 0.5) is 0 Å². The van der Waals surface area contributed by atoms with Crippen LogP contribution in [0.2, 0.25) is 0 Å². The normalized spacial score (nSPS) is 34.2. The van der Waals surface area contributed by atoms with Crippen molar-refractivity contribution in [2.75, 3.05) is 0 Å². The zero-order valence-electron chi connectivity index (χ0n) is 11.6. The molecule has 1 heterocycles. The molecule has 0 radical (unpaired) electrons. The first-order valence-electron chi connectivity index (χ1n) is 7.08. The van der Waals surface area contributed by atoms with Gasteiger partial charge < -0.3 is 4.74 Å². The van der Waals surface area contributed by atoms with Gasteiger partial charge in [0.15, 0.2) is 0 Å². The van der Waals surface area contributed by atoms with E-state index < -0.39 is 5.41 Å². The first-order chi connectivity index (χ1) is 9.12. The molecule has 0 spiro atoms. The standard InChI is InChI=1S/C17H20O2/c1-12-11-14-9-6-10-15(13-7-4-3-5-8-13)17(14,2)16(18)19-12/h3-5,7-9,12,15H,6,10-11H2,1-2H3/t12-,15+,17+/m0/s1.